The number of carbonyl (C=O) groups excluding carboxylic acids is 1. The number of amides is 1. The predicted molar refractivity (Wildman–Crippen MR) is 68.2 cm³/mol. The van der Waals surface area contributed by atoms with Gasteiger partial charge in [0.1, 0.15) is 0 Å². The van der Waals surface area contributed by atoms with Crippen LogP contribution in [0.5, 0.6) is 0 Å². The summed E-state index contributed by atoms with van der Waals surface area (Å²) in [6.07, 6.45) is -0.207. The van der Waals surface area contributed by atoms with Gasteiger partial charge in [0.15, 0.2) is 0 Å². The monoisotopic (exact) mass is 243 g/mol. The molecule has 0 saturated carbocycles. The molecular formula is C12H25N3O2. The summed E-state index contributed by atoms with van der Waals surface area (Å²) in [7, 11) is 4.16. The van der Waals surface area contributed by atoms with Crippen molar-refractivity contribution in [1.29, 1.82) is 0 Å². The second kappa shape index (κ2) is 6.81. The van der Waals surface area contributed by atoms with E-state index < -0.39 is 0 Å². The minimum Gasteiger partial charge on any atom is -0.447 e. The summed E-state index contributed by atoms with van der Waals surface area (Å²) in [5, 5.41) is 0. The van der Waals surface area contributed by atoms with Gasteiger partial charge in [0.25, 0.3) is 0 Å². The molecule has 0 spiro atoms. The van der Waals surface area contributed by atoms with Crippen molar-refractivity contribution in [3.8, 4) is 0 Å². The summed E-state index contributed by atoms with van der Waals surface area (Å²) in [5.41, 5.74) is 0. The molecule has 0 aliphatic carbocycles. The van der Waals surface area contributed by atoms with Gasteiger partial charge in [-0.1, -0.05) is 0 Å². The normalized spacial score (nSPS) is 17.9. The predicted octanol–water partition coefficient (Wildman–Crippen LogP) is 0.711. The lowest BCUT2D eigenvalue weighted by Crippen LogP contribution is -2.50. The first kappa shape index (κ1) is 14.3. The number of piperazine rings is 1. The van der Waals surface area contributed by atoms with Crippen LogP contribution >= 0.6 is 0 Å². The molecule has 1 aliphatic rings. The highest BCUT2D eigenvalue weighted by Gasteiger charge is 2.22. The molecule has 0 radical (unpaired) electrons. The van der Waals surface area contributed by atoms with Crippen molar-refractivity contribution in [3.63, 3.8) is 0 Å². The summed E-state index contributed by atoms with van der Waals surface area (Å²) in [4.78, 5) is 18.0. The SMILES string of the molecule is CC(C)OC(=O)N1CCN(CCN(C)C)CC1. The maximum Gasteiger partial charge on any atom is 0.410 e. The van der Waals surface area contributed by atoms with Gasteiger partial charge in [0.2, 0.25) is 0 Å². The van der Waals surface area contributed by atoms with E-state index in [1.165, 1.54) is 0 Å². The molecule has 0 atom stereocenters. The molecule has 0 aromatic heterocycles. The van der Waals surface area contributed by atoms with Crippen LogP contribution in [0.1, 0.15) is 13.8 Å². The minimum absolute atomic E-state index is 0.0331. The van der Waals surface area contributed by atoms with Crippen LogP contribution in [0.4, 0.5) is 4.79 Å². The zero-order valence-electron chi connectivity index (χ0n) is 11.5. The third-order valence-corrected chi connectivity index (χ3v) is 2.83. The van der Waals surface area contributed by atoms with Crippen LogP contribution in [0.3, 0.4) is 0 Å². The highest BCUT2D eigenvalue weighted by molar-refractivity contribution is 5.67. The smallest absolute Gasteiger partial charge is 0.410 e. The van der Waals surface area contributed by atoms with E-state index in [9.17, 15) is 4.79 Å². The van der Waals surface area contributed by atoms with E-state index in [1.54, 1.807) is 4.90 Å². The Balaban J connectivity index is 2.23. The quantitative estimate of drug-likeness (QED) is 0.728. The van der Waals surface area contributed by atoms with Gasteiger partial charge in [-0.15, -0.1) is 0 Å². The Morgan fingerprint density at radius 3 is 2.29 bits per heavy atom. The van der Waals surface area contributed by atoms with Gasteiger partial charge in [0.05, 0.1) is 6.10 Å². The molecular weight excluding hydrogens is 218 g/mol. The molecule has 1 amide bonds. The molecule has 0 N–H and O–H groups in total. The maximum atomic E-state index is 11.7. The van der Waals surface area contributed by atoms with Crippen molar-refractivity contribution in [2.24, 2.45) is 0 Å². The van der Waals surface area contributed by atoms with Crippen LogP contribution in [0, 0.1) is 0 Å². The van der Waals surface area contributed by atoms with Crippen molar-refractivity contribution in [2.75, 3.05) is 53.4 Å². The van der Waals surface area contributed by atoms with Gasteiger partial charge >= 0.3 is 6.09 Å². The molecule has 17 heavy (non-hydrogen) atoms. The molecule has 1 fully saturated rings. The first-order valence-corrected chi connectivity index (χ1v) is 6.31. The number of hydrogen-bond donors (Lipinski definition) is 0. The first-order chi connectivity index (χ1) is 7.99. The molecule has 1 saturated heterocycles. The summed E-state index contributed by atoms with van der Waals surface area (Å²) in [6.45, 7) is 9.34. The molecule has 1 rings (SSSR count). The standard InChI is InChI=1S/C12H25N3O2/c1-11(2)17-12(16)15-9-7-14(8-10-15)6-5-13(3)4/h11H,5-10H2,1-4H3. The number of carbonyl (C=O) groups is 1. The van der Waals surface area contributed by atoms with Crippen LogP contribution in [0.2, 0.25) is 0 Å². The molecule has 5 nitrogen and oxygen atoms in total. The topological polar surface area (TPSA) is 36.0 Å². The minimum atomic E-state index is -0.174. The largest absolute Gasteiger partial charge is 0.447 e. The van der Waals surface area contributed by atoms with Gasteiger partial charge in [-0.2, -0.15) is 0 Å². The zero-order valence-corrected chi connectivity index (χ0v) is 11.5. The summed E-state index contributed by atoms with van der Waals surface area (Å²) in [6, 6.07) is 0. The lowest BCUT2D eigenvalue weighted by atomic mass is 10.3. The van der Waals surface area contributed by atoms with Crippen LogP contribution in [0.25, 0.3) is 0 Å². The Labute approximate surface area is 104 Å². The second-order valence-corrected chi connectivity index (χ2v) is 5.06. The van der Waals surface area contributed by atoms with E-state index in [0.717, 1.165) is 39.3 Å². The van der Waals surface area contributed by atoms with Crippen LogP contribution in [-0.2, 0) is 4.74 Å². The van der Waals surface area contributed by atoms with Gasteiger partial charge in [-0.25, -0.2) is 4.79 Å². The van der Waals surface area contributed by atoms with Gasteiger partial charge < -0.3 is 14.5 Å². The fourth-order valence-electron chi connectivity index (χ4n) is 1.77. The van der Waals surface area contributed by atoms with Crippen LogP contribution < -0.4 is 0 Å². The third-order valence-electron chi connectivity index (χ3n) is 2.83. The van der Waals surface area contributed by atoms with Crippen molar-refractivity contribution >= 4 is 6.09 Å². The van der Waals surface area contributed by atoms with E-state index in [1.807, 2.05) is 13.8 Å². The fourth-order valence-corrected chi connectivity index (χ4v) is 1.77. The van der Waals surface area contributed by atoms with E-state index in [-0.39, 0.29) is 12.2 Å². The number of rotatable bonds is 4. The lowest BCUT2D eigenvalue weighted by molar-refractivity contribution is 0.0562. The molecule has 1 aliphatic heterocycles. The second-order valence-electron chi connectivity index (χ2n) is 5.06. The third kappa shape index (κ3) is 5.37. The van der Waals surface area contributed by atoms with Crippen molar-refractivity contribution < 1.29 is 9.53 Å². The fraction of sp³-hybridized carbons (Fsp3) is 0.917. The zero-order chi connectivity index (χ0) is 12.8. The van der Waals surface area contributed by atoms with Crippen LogP contribution in [0.15, 0.2) is 0 Å². The Kier molecular flexibility index (Phi) is 5.71. The Bertz CT molecular complexity index is 236. The first-order valence-electron chi connectivity index (χ1n) is 6.31. The van der Waals surface area contributed by atoms with Gasteiger partial charge in [-0.05, 0) is 27.9 Å². The molecule has 0 bridgehead atoms. The number of likely N-dealkylation sites (N-methyl/N-ethyl adjacent to an activating group) is 1. The number of ether oxygens (including phenoxy) is 1. The Morgan fingerprint density at radius 2 is 1.82 bits per heavy atom. The Hall–Kier alpha value is -0.810. The van der Waals surface area contributed by atoms with Crippen molar-refractivity contribution in [1.82, 2.24) is 14.7 Å². The molecule has 0 aromatic carbocycles. The van der Waals surface area contributed by atoms with E-state index in [2.05, 4.69) is 23.9 Å². The summed E-state index contributed by atoms with van der Waals surface area (Å²) >= 11 is 0. The van der Waals surface area contributed by atoms with Crippen molar-refractivity contribution in [3.05, 3.63) is 0 Å². The Morgan fingerprint density at radius 1 is 1.24 bits per heavy atom. The molecule has 0 aromatic rings. The average Bonchev–Trinajstić information content (AvgIpc) is 2.26. The summed E-state index contributed by atoms with van der Waals surface area (Å²) in [5.74, 6) is 0. The van der Waals surface area contributed by atoms with E-state index in [4.69, 9.17) is 4.74 Å². The number of nitrogens with zero attached hydrogens (tertiary/aromatic N) is 3. The van der Waals surface area contributed by atoms with Gasteiger partial charge in [0, 0.05) is 39.3 Å². The highest BCUT2D eigenvalue weighted by atomic mass is 16.6. The molecule has 5 heteroatoms. The van der Waals surface area contributed by atoms with E-state index >= 15 is 0 Å². The molecule has 100 valence electrons. The lowest BCUT2D eigenvalue weighted by Gasteiger charge is -2.34. The maximum absolute atomic E-state index is 11.7. The molecule has 0 unspecified atom stereocenters. The van der Waals surface area contributed by atoms with Gasteiger partial charge in [-0.3, -0.25) is 4.90 Å². The van der Waals surface area contributed by atoms with Crippen LogP contribution in [-0.4, -0.2) is 80.3 Å². The van der Waals surface area contributed by atoms with Crippen molar-refractivity contribution in [2.45, 2.75) is 20.0 Å². The average molecular weight is 243 g/mol. The number of hydrogen-bond acceptors (Lipinski definition) is 4. The summed E-state index contributed by atoms with van der Waals surface area (Å²) < 4.78 is 5.18. The molecule has 1 heterocycles. The highest BCUT2D eigenvalue weighted by Crippen LogP contribution is 2.05. The van der Waals surface area contributed by atoms with E-state index in [0.29, 0.717) is 0 Å².